The number of hydrogen-bond donors (Lipinski definition) is 1. The Hall–Kier alpha value is -2.32. The number of hydrogen-bond acceptors (Lipinski definition) is 4. The Kier molecular flexibility index (Phi) is 4.06. The number of anilines is 1. The van der Waals surface area contributed by atoms with Gasteiger partial charge in [0.2, 0.25) is 0 Å². The van der Waals surface area contributed by atoms with Crippen LogP contribution in [0.3, 0.4) is 0 Å². The second-order valence-corrected chi connectivity index (χ2v) is 6.37. The Balaban J connectivity index is 2.27. The number of para-hydroxylation sites is 1. The summed E-state index contributed by atoms with van der Waals surface area (Å²) in [5, 5.41) is 12.1. The molecule has 0 spiro atoms. The van der Waals surface area contributed by atoms with E-state index in [-0.39, 0.29) is 4.90 Å². The lowest BCUT2D eigenvalue weighted by molar-refractivity contribution is 0.602. The van der Waals surface area contributed by atoms with Crippen LogP contribution < -0.4 is 5.32 Å². The van der Waals surface area contributed by atoms with E-state index in [4.69, 9.17) is 5.26 Å². The summed E-state index contributed by atoms with van der Waals surface area (Å²) >= 11 is 0. The molecule has 2 aromatic carbocycles. The summed E-state index contributed by atoms with van der Waals surface area (Å²) in [6.45, 7) is 0.399. The largest absolute Gasteiger partial charge is 0.380 e. The van der Waals surface area contributed by atoms with Crippen molar-refractivity contribution in [2.24, 2.45) is 0 Å². The molecule has 20 heavy (non-hydrogen) atoms. The van der Waals surface area contributed by atoms with Crippen LogP contribution >= 0.6 is 0 Å². The fourth-order valence-corrected chi connectivity index (χ4v) is 2.78. The minimum absolute atomic E-state index is 0.259. The lowest BCUT2D eigenvalue weighted by Gasteiger charge is -2.11. The lowest BCUT2D eigenvalue weighted by Crippen LogP contribution is -2.06. The normalized spacial score (nSPS) is 10.8. The van der Waals surface area contributed by atoms with Crippen LogP contribution in [0.25, 0.3) is 0 Å². The van der Waals surface area contributed by atoms with Crippen molar-refractivity contribution in [2.75, 3.05) is 11.6 Å². The van der Waals surface area contributed by atoms with E-state index in [0.29, 0.717) is 17.8 Å². The number of benzene rings is 2. The Morgan fingerprint density at radius 2 is 1.75 bits per heavy atom. The van der Waals surface area contributed by atoms with E-state index in [1.807, 2.05) is 12.1 Å². The molecule has 1 N–H and O–H groups in total. The van der Waals surface area contributed by atoms with Gasteiger partial charge in [0, 0.05) is 12.8 Å². The van der Waals surface area contributed by atoms with Gasteiger partial charge in [-0.2, -0.15) is 5.26 Å². The molecule has 0 unspecified atom stereocenters. The summed E-state index contributed by atoms with van der Waals surface area (Å²) in [5.41, 5.74) is 1.96. The smallest absolute Gasteiger partial charge is 0.177 e. The summed E-state index contributed by atoms with van der Waals surface area (Å²) in [4.78, 5) is 0.259. The van der Waals surface area contributed by atoms with Gasteiger partial charge in [0.05, 0.1) is 22.2 Å². The van der Waals surface area contributed by atoms with Crippen LogP contribution in [0.1, 0.15) is 11.1 Å². The molecule has 0 aromatic heterocycles. The molecule has 0 saturated carbocycles. The predicted molar refractivity (Wildman–Crippen MR) is 78.0 cm³/mol. The standard InChI is InChI=1S/C15H14N2O2S/c1-20(18,19)15-9-5-4-8-14(15)17-11-13-7-3-2-6-12(13)10-16/h2-9,17H,11H2,1H3. The molecule has 102 valence electrons. The van der Waals surface area contributed by atoms with E-state index in [1.165, 1.54) is 6.26 Å². The SMILES string of the molecule is CS(=O)(=O)c1ccccc1NCc1ccccc1C#N. The number of nitrogens with one attached hydrogen (secondary N) is 1. The highest BCUT2D eigenvalue weighted by Gasteiger charge is 2.12. The first kappa shape index (κ1) is 14.1. The first-order valence-electron chi connectivity index (χ1n) is 6.03. The first-order chi connectivity index (χ1) is 9.52. The van der Waals surface area contributed by atoms with Gasteiger partial charge in [-0.05, 0) is 23.8 Å². The van der Waals surface area contributed by atoms with Crippen LogP contribution in [0.4, 0.5) is 5.69 Å². The van der Waals surface area contributed by atoms with E-state index in [1.54, 1.807) is 36.4 Å². The third-order valence-corrected chi connectivity index (χ3v) is 4.05. The van der Waals surface area contributed by atoms with Crippen molar-refractivity contribution in [3.63, 3.8) is 0 Å². The average molecular weight is 286 g/mol. The molecule has 2 aromatic rings. The second-order valence-electron chi connectivity index (χ2n) is 4.39. The molecule has 5 heteroatoms. The lowest BCUT2D eigenvalue weighted by atomic mass is 10.1. The molecule has 0 atom stereocenters. The molecule has 4 nitrogen and oxygen atoms in total. The van der Waals surface area contributed by atoms with Crippen molar-refractivity contribution < 1.29 is 8.42 Å². The van der Waals surface area contributed by atoms with Gasteiger partial charge in [0.1, 0.15) is 0 Å². The number of nitrogens with zero attached hydrogens (tertiary/aromatic N) is 1. The van der Waals surface area contributed by atoms with Gasteiger partial charge in [0.15, 0.2) is 9.84 Å². The summed E-state index contributed by atoms with van der Waals surface area (Å²) in [6.07, 6.45) is 1.18. The van der Waals surface area contributed by atoms with E-state index in [9.17, 15) is 8.42 Å². The van der Waals surface area contributed by atoms with E-state index >= 15 is 0 Å². The van der Waals surface area contributed by atoms with Crippen LogP contribution in [-0.4, -0.2) is 14.7 Å². The van der Waals surface area contributed by atoms with E-state index in [0.717, 1.165) is 5.56 Å². The number of sulfone groups is 1. The minimum atomic E-state index is -3.28. The zero-order valence-corrected chi connectivity index (χ0v) is 11.8. The van der Waals surface area contributed by atoms with Crippen LogP contribution in [0.5, 0.6) is 0 Å². The number of rotatable bonds is 4. The minimum Gasteiger partial charge on any atom is -0.380 e. The van der Waals surface area contributed by atoms with Gasteiger partial charge in [-0.3, -0.25) is 0 Å². The van der Waals surface area contributed by atoms with Crippen LogP contribution in [0.2, 0.25) is 0 Å². The summed E-state index contributed by atoms with van der Waals surface area (Å²) in [6, 6.07) is 16.1. The van der Waals surface area contributed by atoms with Gasteiger partial charge < -0.3 is 5.32 Å². The van der Waals surface area contributed by atoms with Crippen molar-refractivity contribution in [2.45, 2.75) is 11.4 Å². The van der Waals surface area contributed by atoms with Crippen LogP contribution in [-0.2, 0) is 16.4 Å². The molecule has 0 fully saturated rings. The first-order valence-corrected chi connectivity index (χ1v) is 7.92. The maximum Gasteiger partial charge on any atom is 0.177 e. The summed E-state index contributed by atoms with van der Waals surface area (Å²) in [7, 11) is -3.28. The Morgan fingerprint density at radius 3 is 2.45 bits per heavy atom. The summed E-state index contributed by atoms with van der Waals surface area (Å²) < 4.78 is 23.4. The van der Waals surface area contributed by atoms with Crippen molar-refractivity contribution in [3.05, 3.63) is 59.7 Å². The second kappa shape index (κ2) is 5.76. The molecule has 0 aliphatic rings. The molecule has 2 rings (SSSR count). The molecular formula is C15H14N2O2S. The number of nitriles is 1. The molecular weight excluding hydrogens is 272 g/mol. The highest BCUT2D eigenvalue weighted by molar-refractivity contribution is 7.90. The van der Waals surface area contributed by atoms with Gasteiger partial charge in [-0.1, -0.05) is 30.3 Å². The topological polar surface area (TPSA) is 70.0 Å². The molecule has 0 saturated heterocycles. The maximum absolute atomic E-state index is 11.7. The monoisotopic (exact) mass is 286 g/mol. The molecule has 0 radical (unpaired) electrons. The van der Waals surface area contributed by atoms with Crippen LogP contribution in [0, 0.1) is 11.3 Å². The van der Waals surface area contributed by atoms with E-state index in [2.05, 4.69) is 11.4 Å². The quantitative estimate of drug-likeness (QED) is 0.937. The van der Waals surface area contributed by atoms with Crippen molar-refractivity contribution in [3.8, 4) is 6.07 Å². The van der Waals surface area contributed by atoms with Crippen LogP contribution in [0.15, 0.2) is 53.4 Å². The zero-order chi connectivity index (χ0) is 14.6. The van der Waals surface area contributed by atoms with Crippen molar-refractivity contribution in [1.29, 1.82) is 5.26 Å². The Morgan fingerprint density at radius 1 is 1.10 bits per heavy atom. The fourth-order valence-electron chi connectivity index (χ4n) is 1.91. The fraction of sp³-hybridized carbons (Fsp3) is 0.133. The summed E-state index contributed by atoms with van der Waals surface area (Å²) in [5.74, 6) is 0. The van der Waals surface area contributed by atoms with Gasteiger partial charge in [-0.15, -0.1) is 0 Å². The highest BCUT2D eigenvalue weighted by Crippen LogP contribution is 2.21. The van der Waals surface area contributed by atoms with Crippen molar-refractivity contribution >= 4 is 15.5 Å². The maximum atomic E-state index is 11.7. The zero-order valence-electron chi connectivity index (χ0n) is 11.0. The average Bonchev–Trinajstić information content (AvgIpc) is 2.44. The molecule has 0 heterocycles. The van der Waals surface area contributed by atoms with Gasteiger partial charge in [0.25, 0.3) is 0 Å². The third kappa shape index (κ3) is 3.16. The molecule has 0 aliphatic heterocycles. The van der Waals surface area contributed by atoms with Gasteiger partial charge >= 0.3 is 0 Å². The Bertz CT molecular complexity index is 761. The molecule has 0 aliphatic carbocycles. The highest BCUT2D eigenvalue weighted by atomic mass is 32.2. The Labute approximate surface area is 118 Å². The molecule has 0 amide bonds. The van der Waals surface area contributed by atoms with Gasteiger partial charge in [-0.25, -0.2) is 8.42 Å². The molecule has 0 bridgehead atoms. The third-order valence-electron chi connectivity index (χ3n) is 2.89. The van der Waals surface area contributed by atoms with Crippen molar-refractivity contribution in [1.82, 2.24) is 0 Å². The van der Waals surface area contributed by atoms with E-state index < -0.39 is 9.84 Å². The predicted octanol–water partition coefficient (Wildman–Crippen LogP) is 2.57.